The summed E-state index contributed by atoms with van der Waals surface area (Å²) in [6, 6.07) is 0. The van der Waals surface area contributed by atoms with Crippen molar-refractivity contribution in [1.29, 1.82) is 0 Å². The molecule has 1 aliphatic rings. The Labute approximate surface area is 97.2 Å². The summed E-state index contributed by atoms with van der Waals surface area (Å²) in [6.07, 6.45) is 3.38. The zero-order valence-corrected chi connectivity index (χ0v) is 10.6. The van der Waals surface area contributed by atoms with Gasteiger partial charge in [-0.25, -0.2) is 4.79 Å². The number of carbonyl (C=O) groups is 1. The molecule has 0 atom stereocenters. The maximum Gasteiger partial charge on any atom is 0.410 e. The van der Waals surface area contributed by atoms with E-state index in [2.05, 4.69) is 0 Å². The lowest BCUT2D eigenvalue weighted by atomic mass is 10.2. The second-order valence-electron chi connectivity index (χ2n) is 4.88. The molecule has 0 saturated carbocycles. The summed E-state index contributed by atoms with van der Waals surface area (Å²) in [6.45, 7) is 6.99. The molecular weight excluding hydrogens is 206 g/mol. The highest BCUT2D eigenvalue weighted by molar-refractivity contribution is 5.68. The Balaban J connectivity index is 2.48. The highest BCUT2D eigenvalue weighted by atomic mass is 16.6. The zero-order chi connectivity index (χ0) is 12.2. The van der Waals surface area contributed by atoms with E-state index in [1.165, 1.54) is 0 Å². The smallest absolute Gasteiger partial charge is 0.410 e. The van der Waals surface area contributed by atoms with E-state index in [-0.39, 0.29) is 6.09 Å². The molecule has 1 rings (SSSR count). The predicted molar refractivity (Wildman–Crippen MR) is 62.1 cm³/mol. The third-order valence-electron chi connectivity index (χ3n) is 2.31. The van der Waals surface area contributed by atoms with Crippen LogP contribution in [-0.2, 0) is 9.47 Å². The highest BCUT2D eigenvalue weighted by Crippen LogP contribution is 2.15. The van der Waals surface area contributed by atoms with Crippen LogP contribution in [0.2, 0.25) is 0 Å². The Bertz CT molecular complexity index is 278. The average molecular weight is 227 g/mol. The Morgan fingerprint density at radius 2 is 2.06 bits per heavy atom. The summed E-state index contributed by atoms with van der Waals surface area (Å²) in [7, 11) is 1.66. The van der Waals surface area contributed by atoms with Crippen molar-refractivity contribution < 1.29 is 14.3 Å². The SMILES string of the molecule is COC1=CCCN(C(=O)OC(C)(C)C)CC1. The third-order valence-corrected chi connectivity index (χ3v) is 2.31. The summed E-state index contributed by atoms with van der Waals surface area (Å²) in [4.78, 5) is 13.5. The van der Waals surface area contributed by atoms with E-state index >= 15 is 0 Å². The molecule has 0 fully saturated rings. The molecule has 0 radical (unpaired) electrons. The fraction of sp³-hybridized carbons (Fsp3) is 0.750. The first-order valence-corrected chi connectivity index (χ1v) is 5.63. The van der Waals surface area contributed by atoms with E-state index in [0.29, 0.717) is 13.1 Å². The van der Waals surface area contributed by atoms with Gasteiger partial charge in [-0.3, -0.25) is 0 Å². The van der Waals surface area contributed by atoms with Crippen molar-refractivity contribution in [3.8, 4) is 0 Å². The molecule has 0 aromatic heterocycles. The molecule has 0 aromatic carbocycles. The molecule has 4 nitrogen and oxygen atoms in total. The van der Waals surface area contributed by atoms with Crippen molar-refractivity contribution in [2.24, 2.45) is 0 Å². The minimum absolute atomic E-state index is 0.238. The second-order valence-corrected chi connectivity index (χ2v) is 4.88. The van der Waals surface area contributed by atoms with E-state index in [1.54, 1.807) is 12.0 Å². The molecule has 0 aromatic rings. The quantitative estimate of drug-likeness (QED) is 0.691. The molecule has 92 valence electrons. The predicted octanol–water partition coefficient (Wildman–Crippen LogP) is 2.55. The number of hydrogen-bond donors (Lipinski definition) is 0. The topological polar surface area (TPSA) is 38.8 Å². The van der Waals surface area contributed by atoms with Crippen LogP contribution in [0.25, 0.3) is 0 Å². The van der Waals surface area contributed by atoms with Crippen LogP contribution in [-0.4, -0.2) is 36.8 Å². The molecular formula is C12H21NO3. The summed E-state index contributed by atoms with van der Waals surface area (Å²) in [5.74, 6) is 0.950. The zero-order valence-electron chi connectivity index (χ0n) is 10.6. The number of rotatable bonds is 1. The van der Waals surface area contributed by atoms with Gasteiger partial charge < -0.3 is 14.4 Å². The molecule has 1 heterocycles. The third kappa shape index (κ3) is 4.13. The average Bonchev–Trinajstić information content (AvgIpc) is 2.39. The lowest BCUT2D eigenvalue weighted by molar-refractivity contribution is 0.0255. The normalized spacial score (nSPS) is 17.5. The lowest BCUT2D eigenvalue weighted by Crippen LogP contribution is -2.37. The van der Waals surface area contributed by atoms with E-state index in [0.717, 1.165) is 18.6 Å². The maximum atomic E-state index is 11.8. The van der Waals surface area contributed by atoms with Crippen molar-refractivity contribution >= 4 is 6.09 Å². The van der Waals surface area contributed by atoms with Crippen LogP contribution in [0.15, 0.2) is 11.8 Å². The van der Waals surface area contributed by atoms with Gasteiger partial charge >= 0.3 is 6.09 Å². The molecule has 16 heavy (non-hydrogen) atoms. The van der Waals surface area contributed by atoms with Crippen LogP contribution < -0.4 is 0 Å². The Morgan fingerprint density at radius 3 is 2.62 bits per heavy atom. The van der Waals surface area contributed by atoms with Crippen LogP contribution in [0.5, 0.6) is 0 Å². The van der Waals surface area contributed by atoms with Crippen molar-refractivity contribution in [2.75, 3.05) is 20.2 Å². The number of nitrogens with zero attached hydrogens (tertiary/aromatic N) is 1. The van der Waals surface area contributed by atoms with Gasteiger partial charge in [0.2, 0.25) is 0 Å². The maximum absolute atomic E-state index is 11.8. The first-order valence-electron chi connectivity index (χ1n) is 5.63. The van der Waals surface area contributed by atoms with Gasteiger partial charge in [0.1, 0.15) is 5.60 Å². The van der Waals surface area contributed by atoms with Gasteiger partial charge in [0.15, 0.2) is 0 Å². The van der Waals surface area contributed by atoms with E-state index in [9.17, 15) is 4.79 Å². The minimum atomic E-state index is -0.430. The van der Waals surface area contributed by atoms with Crippen LogP contribution in [0.1, 0.15) is 33.6 Å². The largest absolute Gasteiger partial charge is 0.501 e. The number of hydrogen-bond acceptors (Lipinski definition) is 3. The summed E-state index contributed by atoms with van der Waals surface area (Å²) in [5.41, 5.74) is -0.430. The molecule has 0 N–H and O–H groups in total. The van der Waals surface area contributed by atoms with Gasteiger partial charge in [0.25, 0.3) is 0 Å². The van der Waals surface area contributed by atoms with Crippen LogP contribution >= 0.6 is 0 Å². The van der Waals surface area contributed by atoms with Gasteiger partial charge in [0, 0.05) is 19.5 Å². The lowest BCUT2D eigenvalue weighted by Gasteiger charge is -2.26. The summed E-state index contributed by atoms with van der Waals surface area (Å²) < 4.78 is 10.5. The monoisotopic (exact) mass is 227 g/mol. The second kappa shape index (κ2) is 5.23. The van der Waals surface area contributed by atoms with Gasteiger partial charge in [-0.15, -0.1) is 0 Å². The molecule has 0 aliphatic carbocycles. The Kier molecular flexibility index (Phi) is 4.21. The van der Waals surface area contributed by atoms with E-state index in [4.69, 9.17) is 9.47 Å². The Morgan fingerprint density at radius 1 is 1.38 bits per heavy atom. The van der Waals surface area contributed by atoms with Gasteiger partial charge in [-0.1, -0.05) is 0 Å². The van der Waals surface area contributed by atoms with E-state index < -0.39 is 5.60 Å². The van der Waals surface area contributed by atoms with Gasteiger partial charge in [-0.2, -0.15) is 0 Å². The molecule has 0 unspecified atom stereocenters. The van der Waals surface area contributed by atoms with Crippen LogP contribution in [0, 0.1) is 0 Å². The van der Waals surface area contributed by atoms with Gasteiger partial charge in [0.05, 0.1) is 12.9 Å². The number of ether oxygens (including phenoxy) is 2. The molecule has 0 spiro atoms. The molecule has 0 saturated heterocycles. The highest BCUT2D eigenvalue weighted by Gasteiger charge is 2.22. The number of carbonyl (C=O) groups excluding carboxylic acids is 1. The van der Waals surface area contributed by atoms with Crippen LogP contribution in [0.3, 0.4) is 0 Å². The summed E-state index contributed by atoms with van der Waals surface area (Å²) >= 11 is 0. The number of amides is 1. The first kappa shape index (κ1) is 12.9. The summed E-state index contributed by atoms with van der Waals surface area (Å²) in [5, 5.41) is 0. The van der Waals surface area contributed by atoms with Gasteiger partial charge in [-0.05, 0) is 33.3 Å². The molecule has 1 amide bonds. The molecule has 4 heteroatoms. The fourth-order valence-electron chi connectivity index (χ4n) is 1.53. The van der Waals surface area contributed by atoms with Crippen LogP contribution in [0.4, 0.5) is 4.79 Å². The van der Waals surface area contributed by atoms with Crippen molar-refractivity contribution in [2.45, 2.75) is 39.2 Å². The van der Waals surface area contributed by atoms with Crippen molar-refractivity contribution in [3.05, 3.63) is 11.8 Å². The number of methoxy groups -OCH3 is 1. The van der Waals surface area contributed by atoms with E-state index in [1.807, 2.05) is 26.8 Å². The fourth-order valence-corrected chi connectivity index (χ4v) is 1.53. The molecule has 1 aliphatic heterocycles. The van der Waals surface area contributed by atoms with Crippen molar-refractivity contribution in [1.82, 2.24) is 4.90 Å². The minimum Gasteiger partial charge on any atom is -0.501 e. The standard InChI is InChI=1S/C12H21NO3/c1-12(2,3)16-11(14)13-8-5-6-10(15-4)7-9-13/h6H,5,7-9H2,1-4H3. The Hall–Kier alpha value is -1.19. The molecule has 0 bridgehead atoms. The first-order chi connectivity index (χ1) is 7.42. The van der Waals surface area contributed by atoms with Crippen molar-refractivity contribution in [3.63, 3.8) is 0 Å².